The van der Waals surface area contributed by atoms with Gasteiger partial charge in [0.05, 0.1) is 0 Å². The van der Waals surface area contributed by atoms with Gasteiger partial charge in [-0.15, -0.1) is 0 Å². The van der Waals surface area contributed by atoms with Crippen molar-refractivity contribution in [1.82, 2.24) is 4.90 Å². The van der Waals surface area contributed by atoms with Gasteiger partial charge in [0, 0.05) is 7.05 Å². The predicted molar refractivity (Wildman–Crippen MR) is 56.4 cm³/mol. The van der Waals surface area contributed by atoms with E-state index >= 15 is 0 Å². The maximum Gasteiger partial charge on any atom is 0.326 e. The lowest BCUT2D eigenvalue weighted by Crippen LogP contribution is -2.44. The molecule has 1 fully saturated rings. The summed E-state index contributed by atoms with van der Waals surface area (Å²) in [5.74, 6) is -0.198. The molecule has 1 aliphatic carbocycles. The van der Waals surface area contributed by atoms with Crippen LogP contribution in [0.5, 0.6) is 0 Å². The normalized spacial score (nSPS) is 28.1. The third-order valence-electron chi connectivity index (χ3n) is 3.28. The van der Waals surface area contributed by atoms with Crippen LogP contribution in [0.2, 0.25) is 0 Å². The first kappa shape index (κ1) is 12.0. The summed E-state index contributed by atoms with van der Waals surface area (Å²) in [6, 6.07) is -0.648. The number of carbonyl (C=O) groups is 2. The predicted octanol–water partition coefficient (Wildman–Crippen LogP) is 1.35. The molecule has 0 radical (unpaired) electrons. The Balaban J connectivity index is 2.70. The SMILES string of the molecule is CC1CCCC(C(C(=O)O)N(C)C=O)C1. The molecule has 1 aliphatic rings. The topological polar surface area (TPSA) is 57.6 Å². The average molecular weight is 213 g/mol. The maximum atomic E-state index is 11.1. The second kappa shape index (κ2) is 5.14. The molecular formula is C11H19NO3. The van der Waals surface area contributed by atoms with Gasteiger partial charge in [0.25, 0.3) is 0 Å². The van der Waals surface area contributed by atoms with E-state index in [4.69, 9.17) is 5.11 Å². The zero-order valence-electron chi connectivity index (χ0n) is 9.35. The van der Waals surface area contributed by atoms with Crippen LogP contribution < -0.4 is 0 Å². The van der Waals surface area contributed by atoms with Crippen LogP contribution in [0, 0.1) is 11.8 Å². The number of hydrogen-bond acceptors (Lipinski definition) is 2. The van der Waals surface area contributed by atoms with Crippen LogP contribution in [0.15, 0.2) is 0 Å². The highest BCUT2D eigenvalue weighted by molar-refractivity contribution is 5.76. The number of hydrogen-bond donors (Lipinski definition) is 1. The monoisotopic (exact) mass is 213 g/mol. The highest BCUT2D eigenvalue weighted by atomic mass is 16.4. The van der Waals surface area contributed by atoms with E-state index in [2.05, 4.69) is 6.92 Å². The second-order valence-electron chi connectivity index (χ2n) is 4.59. The first-order valence-corrected chi connectivity index (χ1v) is 5.46. The fraction of sp³-hybridized carbons (Fsp3) is 0.818. The second-order valence-corrected chi connectivity index (χ2v) is 4.59. The van der Waals surface area contributed by atoms with Gasteiger partial charge < -0.3 is 10.0 Å². The summed E-state index contributed by atoms with van der Waals surface area (Å²) in [6.45, 7) is 2.14. The molecule has 0 aromatic carbocycles. The number of aliphatic carboxylic acids is 1. The zero-order valence-corrected chi connectivity index (χ0v) is 9.35. The molecule has 0 aromatic heterocycles. The summed E-state index contributed by atoms with van der Waals surface area (Å²) in [5.41, 5.74) is 0. The molecule has 0 bridgehead atoms. The minimum atomic E-state index is -0.885. The molecule has 4 heteroatoms. The van der Waals surface area contributed by atoms with E-state index in [9.17, 15) is 9.59 Å². The van der Waals surface area contributed by atoms with E-state index in [0.29, 0.717) is 12.3 Å². The molecule has 0 aliphatic heterocycles. The fourth-order valence-corrected chi connectivity index (χ4v) is 2.54. The molecule has 0 saturated heterocycles. The first-order chi connectivity index (χ1) is 7.06. The Morgan fingerprint density at radius 3 is 2.67 bits per heavy atom. The van der Waals surface area contributed by atoms with Crippen molar-refractivity contribution >= 4 is 12.4 Å². The van der Waals surface area contributed by atoms with E-state index in [-0.39, 0.29) is 5.92 Å². The van der Waals surface area contributed by atoms with Crippen LogP contribution in [0.1, 0.15) is 32.6 Å². The largest absolute Gasteiger partial charge is 0.480 e. The Labute approximate surface area is 90.3 Å². The lowest BCUT2D eigenvalue weighted by Gasteiger charge is -2.34. The molecule has 1 amide bonds. The number of amides is 1. The number of nitrogens with zero attached hydrogens (tertiary/aromatic N) is 1. The van der Waals surface area contributed by atoms with E-state index in [1.807, 2.05) is 0 Å². The van der Waals surface area contributed by atoms with Gasteiger partial charge in [-0.1, -0.05) is 19.8 Å². The molecule has 4 nitrogen and oxygen atoms in total. The Morgan fingerprint density at radius 1 is 1.53 bits per heavy atom. The van der Waals surface area contributed by atoms with Crippen LogP contribution in [-0.2, 0) is 9.59 Å². The van der Waals surface area contributed by atoms with Crippen molar-refractivity contribution in [2.45, 2.75) is 38.6 Å². The van der Waals surface area contributed by atoms with Crippen molar-refractivity contribution in [3.05, 3.63) is 0 Å². The van der Waals surface area contributed by atoms with Crippen LogP contribution in [-0.4, -0.2) is 35.5 Å². The average Bonchev–Trinajstić information content (AvgIpc) is 2.17. The number of carboxylic acids is 1. The van der Waals surface area contributed by atoms with Gasteiger partial charge in [-0.05, 0) is 24.7 Å². The van der Waals surface area contributed by atoms with Gasteiger partial charge in [-0.2, -0.15) is 0 Å². The van der Waals surface area contributed by atoms with Crippen molar-refractivity contribution in [1.29, 1.82) is 0 Å². The molecular weight excluding hydrogens is 194 g/mol. The van der Waals surface area contributed by atoms with Gasteiger partial charge in [0.1, 0.15) is 6.04 Å². The van der Waals surface area contributed by atoms with E-state index in [1.54, 1.807) is 7.05 Å². The smallest absolute Gasteiger partial charge is 0.326 e. The number of rotatable bonds is 4. The third-order valence-corrected chi connectivity index (χ3v) is 3.28. The van der Waals surface area contributed by atoms with Gasteiger partial charge >= 0.3 is 5.97 Å². The van der Waals surface area contributed by atoms with Crippen molar-refractivity contribution < 1.29 is 14.7 Å². The van der Waals surface area contributed by atoms with Crippen molar-refractivity contribution in [3.63, 3.8) is 0 Å². The summed E-state index contributed by atoms with van der Waals surface area (Å²) in [4.78, 5) is 23.0. The highest BCUT2D eigenvalue weighted by Gasteiger charge is 2.33. The van der Waals surface area contributed by atoms with Crippen LogP contribution in [0.25, 0.3) is 0 Å². The Kier molecular flexibility index (Phi) is 4.12. The van der Waals surface area contributed by atoms with E-state index in [1.165, 1.54) is 11.3 Å². The number of carboxylic acid groups (broad SMARTS) is 1. The van der Waals surface area contributed by atoms with E-state index in [0.717, 1.165) is 19.3 Å². The first-order valence-electron chi connectivity index (χ1n) is 5.46. The highest BCUT2D eigenvalue weighted by Crippen LogP contribution is 2.32. The summed E-state index contributed by atoms with van der Waals surface area (Å²) < 4.78 is 0. The molecule has 3 unspecified atom stereocenters. The molecule has 15 heavy (non-hydrogen) atoms. The van der Waals surface area contributed by atoms with E-state index < -0.39 is 12.0 Å². The summed E-state index contributed by atoms with van der Waals surface area (Å²) in [5, 5.41) is 9.11. The minimum Gasteiger partial charge on any atom is -0.480 e. The standard InChI is InChI=1S/C11H19NO3/c1-8-4-3-5-9(6-8)10(11(14)15)12(2)7-13/h7-10H,3-6H2,1-2H3,(H,14,15). The number of likely N-dealkylation sites (N-methyl/N-ethyl adjacent to an activating group) is 1. The maximum absolute atomic E-state index is 11.1. The molecule has 0 spiro atoms. The quantitative estimate of drug-likeness (QED) is 0.717. The fourth-order valence-electron chi connectivity index (χ4n) is 2.54. The van der Waals surface area contributed by atoms with Gasteiger partial charge in [0.2, 0.25) is 6.41 Å². The lowest BCUT2D eigenvalue weighted by atomic mass is 9.78. The molecule has 1 rings (SSSR count). The Morgan fingerprint density at radius 2 is 2.20 bits per heavy atom. The van der Waals surface area contributed by atoms with Crippen molar-refractivity contribution in [2.24, 2.45) is 11.8 Å². The molecule has 0 aromatic rings. The summed E-state index contributed by atoms with van der Waals surface area (Å²) >= 11 is 0. The molecule has 3 atom stereocenters. The van der Waals surface area contributed by atoms with Crippen molar-refractivity contribution in [3.8, 4) is 0 Å². The van der Waals surface area contributed by atoms with Gasteiger partial charge in [-0.3, -0.25) is 4.79 Å². The van der Waals surface area contributed by atoms with Gasteiger partial charge in [-0.25, -0.2) is 4.79 Å². The molecule has 1 N–H and O–H groups in total. The Hall–Kier alpha value is -1.06. The molecule has 0 heterocycles. The molecule has 86 valence electrons. The lowest BCUT2D eigenvalue weighted by molar-refractivity contribution is -0.148. The zero-order chi connectivity index (χ0) is 11.4. The summed E-state index contributed by atoms with van der Waals surface area (Å²) in [7, 11) is 1.55. The van der Waals surface area contributed by atoms with Crippen LogP contribution in [0.4, 0.5) is 0 Å². The third kappa shape index (κ3) is 2.94. The van der Waals surface area contributed by atoms with Crippen LogP contribution >= 0.6 is 0 Å². The Bertz CT molecular complexity index is 242. The molecule has 1 saturated carbocycles. The van der Waals surface area contributed by atoms with Crippen LogP contribution in [0.3, 0.4) is 0 Å². The summed E-state index contributed by atoms with van der Waals surface area (Å²) in [6.07, 6.45) is 4.68. The minimum absolute atomic E-state index is 0.112. The van der Waals surface area contributed by atoms with Crippen molar-refractivity contribution in [2.75, 3.05) is 7.05 Å². The number of carbonyl (C=O) groups excluding carboxylic acids is 1. The van der Waals surface area contributed by atoms with Gasteiger partial charge in [0.15, 0.2) is 0 Å².